The highest BCUT2D eigenvalue weighted by atomic mass is 19.1. The molecule has 3 heterocycles. The maximum atomic E-state index is 13.7. The Hall–Kier alpha value is -3.58. The number of pyridine rings is 1. The zero-order valence-corrected chi connectivity index (χ0v) is 19.4. The van der Waals surface area contributed by atoms with Crippen LogP contribution in [0.25, 0.3) is 22.4 Å². The molecule has 0 saturated carbocycles. The van der Waals surface area contributed by atoms with Crippen LogP contribution in [0.5, 0.6) is 0 Å². The SMILES string of the molecule is COC(=O)Cc1cc(-c2c(-c3ccc(F)cc3)nn3c2CN(C2(C)C=CC=CC2)CC3)ccn1. The van der Waals surface area contributed by atoms with Crippen LogP contribution < -0.4 is 0 Å². The van der Waals surface area contributed by atoms with Gasteiger partial charge in [0.15, 0.2) is 0 Å². The Bertz CT molecular complexity index is 1280. The van der Waals surface area contributed by atoms with Crippen LogP contribution in [0.1, 0.15) is 24.7 Å². The zero-order valence-electron chi connectivity index (χ0n) is 19.4. The molecule has 0 N–H and O–H groups in total. The topological polar surface area (TPSA) is 60.2 Å². The molecule has 0 spiro atoms. The molecular formula is C27H27FN4O2. The molecule has 0 fully saturated rings. The van der Waals surface area contributed by atoms with Gasteiger partial charge in [0.1, 0.15) is 11.5 Å². The Labute approximate surface area is 198 Å². The third-order valence-electron chi connectivity index (χ3n) is 6.71. The van der Waals surface area contributed by atoms with Crippen LogP contribution in [0.3, 0.4) is 0 Å². The molecule has 6 nitrogen and oxygen atoms in total. The summed E-state index contributed by atoms with van der Waals surface area (Å²) in [4.78, 5) is 18.7. The number of fused-ring (bicyclic) bond motifs is 1. The quantitative estimate of drug-likeness (QED) is 0.525. The van der Waals surface area contributed by atoms with Crippen LogP contribution >= 0.6 is 0 Å². The minimum Gasteiger partial charge on any atom is -0.469 e. The van der Waals surface area contributed by atoms with Crippen molar-refractivity contribution in [3.63, 3.8) is 0 Å². The van der Waals surface area contributed by atoms with Gasteiger partial charge in [-0.1, -0.05) is 24.3 Å². The van der Waals surface area contributed by atoms with Crippen LogP contribution in [0, 0.1) is 5.82 Å². The van der Waals surface area contributed by atoms with E-state index in [1.165, 1.54) is 19.2 Å². The third kappa shape index (κ3) is 4.19. The molecule has 3 aromatic rings. The molecule has 1 unspecified atom stereocenters. The number of hydrogen-bond donors (Lipinski definition) is 0. The largest absolute Gasteiger partial charge is 0.469 e. The standard InChI is InChI=1S/C27H27FN4O2/c1-27(11-4-3-5-12-27)31-14-15-32-23(18-31)25(26(30-32)19-6-8-21(28)9-7-19)20-10-13-29-22(16-20)17-24(33)34-2/h3-11,13,16H,12,14-15,17-18H2,1-2H3. The first-order chi connectivity index (χ1) is 16.5. The summed E-state index contributed by atoms with van der Waals surface area (Å²) in [5, 5.41) is 4.96. The molecule has 2 aliphatic rings. The number of nitrogens with zero attached hydrogens (tertiary/aromatic N) is 4. The van der Waals surface area contributed by atoms with Crippen molar-refractivity contribution in [3.8, 4) is 22.4 Å². The highest BCUT2D eigenvalue weighted by molar-refractivity contribution is 5.83. The first-order valence-electron chi connectivity index (χ1n) is 11.4. The highest BCUT2D eigenvalue weighted by Crippen LogP contribution is 2.39. The number of hydrogen-bond acceptors (Lipinski definition) is 5. The van der Waals surface area contributed by atoms with Gasteiger partial charge in [-0.05, 0) is 55.3 Å². The Kier molecular flexibility index (Phi) is 5.87. The molecule has 1 atom stereocenters. The average Bonchev–Trinajstić information content (AvgIpc) is 3.24. The summed E-state index contributed by atoms with van der Waals surface area (Å²) in [6.07, 6.45) is 11.4. The second-order valence-corrected chi connectivity index (χ2v) is 8.96. The molecule has 34 heavy (non-hydrogen) atoms. The van der Waals surface area contributed by atoms with E-state index in [2.05, 4.69) is 45.8 Å². The zero-order chi connectivity index (χ0) is 23.7. The van der Waals surface area contributed by atoms with Crippen molar-refractivity contribution in [1.82, 2.24) is 19.7 Å². The number of halogens is 1. The van der Waals surface area contributed by atoms with E-state index in [-0.39, 0.29) is 23.7 Å². The fourth-order valence-electron chi connectivity index (χ4n) is 4.77. The number of rotatable bonds is 5. The Morgan fingerprint density at radius 3 is 2.71 bits per heavy atom. The molecular weight excluding hydrogens is 431 g/mol. The van der Waals surface area contributed by atoms with Crippen molar-refractivity contribution in [1.29, 1.82) is 0 Å². The van der Waals surface area contributed by atoms with Crippen molar-refractivity contribution in [2.24, 2.45) is 0 Å². The van der Waals surface area contributed by atoms with Crippen LogP contribution in [-0.4, -0.2) is 44.8 Å². The summed E-state index contributed by atoms with van der Waals surface area (Å²) in [5.41, 5.74) is 5.24. The van der Waals surface area contributed by atoms with Crippen LogP contribution in [0.4, 0.5) is 4.39 Å². The van der Waals surface area contributed by atoms with Gasteiger partial charge in [0, 0.05) is 36.0 Å². The van der Waals surface area contributed by atoms with Crippen molar-refractivity contribution in [3.05, 3.63) is 84.1 Å². The van der Waals surface area contributed by atoms with Crippen LogP contribution in [0.2, 0.25) is 0 Å². The van der Waals surface area contributed by atoms with Crippen LogP contribution in [-0.2, 0) is 29.0 Å². The molecule has 174 valence electrons. The molecule has 1 aliphatic heterocycles. The lowest BCUT2D eigenvalue weighted by Gasteiger charge is -2.42. The number of carbonyl (C=O) groups is 1. The van der Waals surface area contributed by atoms with Crippen molar-refractivity contribution in [2.45, 2.75) is 38.4 Å². The number of methoxy groups -OCH3 is 1. The summed E-state index contributed by atoms with van der Waals surface area (Å²) in [6, 6.07) is 10.3. The normalized spacial score (nSPS) is 19.7. The van der Waals surface area contributed by atoms with E-state index in [4.69, 9.17) is 9.84 Å². The molecule has 1 aromatic carbocycles. The molecule has 7 heteroatoms. The number of carbonyl (C=O) groups excluding carboxylic acids is 1. The molecule has 0 amide bonds. The highest BCUT2D eigenvalue weighted by Gasteiger charge is 2.34. The predicted octanol–water partition coefficient (Wildman–Crippen LogP) is 4.56. The van der Waals surface area contributed by atoms with Crippen molar-refractivity contribution >= 4 is 5.97 Å². The van der Waals surface area contributed by atoms with Crippen LogP contribution in [0.15, 0.2) is 66.9 Å². The van der Waals surface area contributed by atoms with Gasteiger partial charge < -0.3 is 4.74 Å². The van der Waals surface area contributed by atoms with Crippen molar-refractivity contribution in [2.75, 3.05) is 13.7 Å². The Morgan fingerprint density at radius 1 is 1.15 bits per heavy atom. The Balaban J connectivity index is 1.61. The minimum absolute atomic E-state index is 0.0636. The lowest BCUT2D eigenvalue weighted by molar-refractivity contribution is -0.139. The molecule has 5 rings (SSSR count). The number of ether oxygens (including phenoxy) is 1. The van der Waals surface area contributed by atoms with Gasteiger partial charge in [-0.2, -0.15) is 5.10 Å². The molecule has 1 aliphatic carbocycles. The first-order valence-corrected chi connectivity index (χ1v) is 11.4. The maximum Gasteiger partial charge on any atom is 0.311 e. The summed E-state index contributed by atoms with van der Waals surface area (Å²) < 4.78 is 20.6. The lowest BCUT2D eigenvalue weighted by atomic mass is 9.90. The molecule has 0 radical (unpaired) electrons. The van der Waals surface area contributed by atoms with Gasteiger partial charge in [-0.15, -0.1) is 0 Å². The van der Waals surface area contributed by atoms with Crippen molar-refractivity contribution < 1.29 is 13.9 Å². The van der Waals surface area contributed by atoms with E-state index in [0.29, 0.717) is 5.69 Å². The average molecular weight is 459 g/mol. The molecule has 2 aromatic heterocycles. The van der Waals surface area contributed by atoms with Gasteiger partial charge in [-0.25, -0.2) is 4.39 Å². The van der Waals surface area contributed by atoms with E-state index >= 15 is 0 Å². The second-order valence-electron chi connectivity index (χ2n) is 8.96. The van der Waals surface area contributed by atoms with E-state index in [1.807, 2.05) is 12.1 Å². The maximum absolute atomic E-state index is 13.7. The van der Waals surface area contributed by atoms with Gasteiger partial charge in [0.05, 0.1) is 31.5 Å². The monoisotopic (exact) mass is 458 g/mol. The van der Waals surface area contributed by atoms with Gasteiger partial charge in [0.25, 0.3) is 0 Å². The number of allylic oxidation sites excluding steroid dienone is 2. The smallest absolute Gasteiger partial charge is 0.311 e. The summed E-state index contributed by atoms with van der Waals surface area (Å²) >= 11 is 0. The first kappa shape index (κ1) is 22.2. The van der Waals surface area contributed by atoms with E-state index in [9.17, 15) is 9.18 Å². The fourth-order valence-corrected chi connectivity index (χ4v) is 4.77. The summed E-state index contributed by atoms with van der Waals surface area (Å²) in [7, 11) is 1.37. The second kappa shape index (κ2) is 8.99. The van der Waals surface area contributed by atoms with Gasteiger partial charge in [0.2, 0.25) is 0 Å². The van der Waals surface area contributed by atoms with Gasteiger partial charge >= 0.3 is 5.97 Å². The third-order valence-corrected chi connectivity index (χ3v) is 6.71. The summed E-state index contributed by atoms with van der Waals surface area (Å²) in [6.45, 7) is 4.64. The lowest BCUT2D eigenvalue weighted by Crippen LogP contribution is -2.48. The molecule has 0 saturated heterocycles. The van der Waals surface area contributed by atoms with E-state index < -0.39 is 0 Å². The fraction of sp³-hybridized carbons (Fsp3) is 0.296. The number of aromatic nitrogens is 3. The van der Waals surface area contributed by atoms with E-state index in [0.717, 1.165) is 54.1 Å². The van der Waals surface area contributed by atoms with E-state index in [1.54, 1.807) is 18.3 Å². The Morgan fingerprint density at radius 2 is 1.97 bits per heavy atom. The number of esters is 1. The molecule has 0 bridgehead atoms. The minimum atomic E-state index is -0.336. The van der Waals surface area contributed by atoms with Gasteiger partial charge in [-0.3, -0.25) is 19.4 Å². The summed E-state index contributed by atoms with van der Waals surface area (Å²) in [5.74, 6) is -0.619. The number of benzene rings is 1. The predicted molar refractivity (Wildman–Crippen MR) is 128 cm³/mol.